The van der Waals surface area contributed by atoms with Gasteiger partial charge in [0, 0.05) is 39.0 Å². The van der Waals surface area contributed by atoms with E-state index in [0.717, 1.165) is 65.0 Å². The molecule has 2 unspecified atom stereocenters. The molecule has 7 heteroatoms. The van der Waals surface area contributed by atoms with E-state index < -0.39 is 0 Å². The van der Waals surface area contributed by atoms with Gasteiger partial charge >= 0.3 is 11.9 Å². The van der Waals surface area contributed by atoms with Crippen LogP contribution >= 0.6 is 0 Å². The highest BCUT2D eigenvalue weighted by atomic mass is 16.5. The molecular formula is C58H115N3O4. The van der Waals surface area contributed by atoms with Crippen molar-refractivity contribution in [2.75, 3.05) is 72.6 Å². The van der Waals surface area contributed by atoms with Gasteiger partial charge in [-0.1, -0.05) is 207 Å². The minimum absolute atomic E-state index is 0.000941. The highest BCUT2D eigenvalue weighted by Gasteiger charge is 2.17. The van der Waals surface area contributed by atoms with E-state index in [1.54, 1.807) is 0 Å². The molecule has 0 radical (unpaired) electrons. The number of ether oxygens (including phenoxy) is 2. The number of esters is 2. The molecule has 0 bridgehead atoms. The molecule has 0 saturated carbocycles. The molecule has 0 aromatic heterocycles. The van der Waals surface area contributed by atoms with Gasteiger partial charge in [-0.2, -0.15) is 0 Å². The molecule has 386 valence electrons. The first kappa shape index (κ1) is 61.8. The van der Waals surface area contributed by atoms with Crippen LogP contribution in [-0.2, 0) is 19.1 Å². The van der Waals surface area contributed by atoms with Crippen LogP contribution in [0.4, 0.5) is 0 Å². The van der Waals surface area contributed by atoms with Crippen molar-refractivity contribution in [2.45, 2.75) is 278 Å². The molecule has 1 fully saturated rings. The van der Waals surface area contributed by atoms with Crippen molar-refractivity contribution in [3.63, 3.8) is 0 Å². The van der Waals surface area contributed by atoms with E-state index >= 15 is 0 Å². The van der Waals surface area contributed by atoms with Gasteiger partial charge in [0.1, 0.15) is 0 Å². The first-order valence-corrected chi connectivity index (χ1v) is 29.4. The van der Waals surface area contributed by atoms with Crippen molar-refractivity contribution >= 4 is 11.9 Å². The number of carbonyl (C=O) groups is 2. The third-order valence-electron chi connectivity index (χ3n) is 14.6. The van der Waals surface area contributed by atoms with Crippen LogP contribution in [0, 0.1) is 11.8 Å². The van der Waals surface area contributed by atoms with E-state index in [9.17, 15) is 9.59 Å². The molecule has 0 aromatic carbocycles. The van der Waals surface area contributed by atoms with Crippen LogP contribution in [0.1, 0.15) is 278 Å². The molecule has 1 aliphatic rings. The molecule has 2 atom stereocenters. The highest BCUT2D eigenvalue weighted by molar-refractivity contribution is 5.69. The normalized spacial score (nSPS) is 14.6. The zero-order chi connectivity index (χ0) is 47.1. The molecule has 0 N–H and O–H groups in total. The van der Waals surface area contributed by atoms with Crippen LogP contribution in [-0.4, -0.2) is 99.3 Å². The van der Waals surface area contributed by atoms with Crippen LogP contribution in [0.2, 0.25) is 0 Å². The molecule has 1 saturated heterocycles. The molecule has 1 heterocycles. The van der Waals surface area contributed by atoms with Crippen LogP contribution in [0.5, 0.6) is 0 Å². The van der Waals surface area contributed by atoms with Crippen molar-refractivity contribution in [3.05, 3.63) is 0 Å². The summed E-state index contributed by atoms with van der Waals surface area (Å²) >= 11 is 0. The van der Waals surface area contributed by atoms with Crippen LogP contribution < -0.4 is 0 Å². The van der Waals surface area contributed by atoms with E-state index in [0.29, 0.717) is 37.9 Å². The van der Waals surface area contributed by atoms with Gasteiger partial charge in [-0.3, -0.25) is 9.59 Å². The largest absolute Gasteiger partial charge is 0.465 e. The Hall–Kier alpha value is -1.18. The average molecular weight is 919 g/mol. The maximum Gasteiger partial charge on any atom is 0.305 e. The summed E-state index contributed by atoms with van der Waals surface area (Å²) in [5.74, 6) is 1.04. The highest BCUT2D eigenvalue weighted by Crippen LogP contribution is 2.22. The molecular weight excluding hydrogens is 803 g/mol. The van der Waals surface area contributed by atoms with Crippen LogP contribution in [0.3, 0.4) is 0 Å². The van der Waals surface area contributed by atoms with E-state index in [1.807, 2.05) is 0 Å². The van der Waals surface area contributed by atoms with Crippen molar-refractivity contribution in [1.82, 2.24) is 14.7 Å². The summed E-state index contributed by atoms with van der Waals surface area (Å²) in [6, 6.07) is 0. The standard InChI is InChI=1S/C58H115N3O4/c1-6-10-14-18-22-24-28-32-41-55(39-30-26-20-16-12-8-3)53-64-57(62)43-34-36-45-60(47-38-48-61-51-49-59(5)50-52-61)46-37-35-44-58(63)65-54-56(40-31-27-21-17-13-9-4)42-33-29-25-23-19-15-11-7-2/h55-56H,6-54H2,1-5H3. The predicted molar refractivity (Wildman–Crippen MR) is 282 cm³/mol. The van der Waals surface area contributed by atoms with Gasteiger partial charge in [-0.25, -0.2) is 0 Å². The Labute approximate surface area is 406 Å². The Morgan fingerprint density at radius 1 is 0.400 bits per heavy atom. The van der Waals surface area contributed by atoms with Gasteiger partial charge in [0.05, 0.1) is 13.2 Å². The molecule has 0 spiro atoms. The van der Waals surface area contributed by atoms with Crippen molar-refractivity contribution in [1.29, 1.82) is 0 Å². The fourth-order valence-electron chi connectivity index (χ4n) is 9.88. The summed E-state index contributed by atoms with van der Waals surface area (Å²) < 4.78 is 12.0. The van der Waals surface area contributed by atoms with Crippen LogP contribution in [0.15, 0.2) is 0 Å². The number of hydrogen-bond donors (Lipinski definition) is 0. The topological polar surface area (TPSA) is 62.3 Å². The Morgan fingerprint density at radius 2 is 0.708 bits per heavy atom. The molecule has 7 nitrogen and oxygen atoms in total. The lowest BCUT2D eigenvalue weighted by Gasteiger charge is -2.33. The number of piperazine rings is 1. The summed E-state index contributed by atoms with van der Waals surface area (Å²) in [5.41, 5.74) is 0. The molecule has 1 rings (SSSR count). The molecule has 65 heavy (non-hydrogen) atoms. The SMILES string of the molecule is CCCCCCCCCCC(CCCCCCCC)COC(=O)CCCCN(CCCCC(=O)OCC(CCCCCCCC)CCCCCCCCCC)CCCN1CCN(C)CC1. The van der Waals surface area contributed by atoms with Gasteiger partial charge in [0.2, 0.25) is 0 Å². The Morgan fingerprint density at radius 3 is 1.05 bits per heavy atom. The second-order valence-electron chi connectivity index (χ2n) is 21.0. The first-order chi connectivity index (χ1) is 31.9. The minimum atomic E-state index is 0.000941. The molecule has 0 aliphatic carbocycles. The summed E-state index contributed by atoms with van der Waals surface area (Å²) in [7, 11) is 2.23. The smallest absolute Gasteiger partial charge is 0.305 e. The average Bonchev–Trinajstić information content (AvgIpc) is 3.31. The Balaban J connectivity index is 2.54. The molecule has 0 amide bonds. The van der Waals surface area contributed by atoms with Crippen LogP contribution in [0.25, 0.3) is 0 Å². The summed E-state index contributed by atoms with van der Waals surface area (Å²) in [6.07, 6.45) is 48.3. The fraction of sp³-hybridized carbons (Fsp3) is 0.966. The van der Waals surface area contributed by atoms with E-state index in [-0.39, 0.29) is 11.9 Å². The zero-order valence-electron chi connectivity index (χ0n) is 44.8. The van der Waals surface area contributed by atoms with Crippen molar-refractivity contribution in [2.24, 2.45) is 11.8 Å². The summed E-state index contributed by atoms with van der Waals surface area (Å²) in [6.45, 7) is 19.3. The zero-order valence-corrected chi connectivity index (χ0v) is 44.8. The van der Waals surface area contributed by atoms with Gasteiger partial charge in [-0.15, -0.1) is 0 Å². The Kier molecular flexibility index (Phi) is 45.5. The monoisotopic (exact) mass is 918 g/mol. The number of nitrogens with zero attached hydrogens (tertiary/aromatic N) is 3. The number of rotatable bonds is 50. The maximum atomic E-state index is 13.0. The lowest BCUT2D eigenvalue weighted by atomic mass is 9.94. The fourth-order valence-corrected chi connectivity index (χ4v) is 9.88. The van der Waals surface area contributed by atoms with E-state index in [1.165, 1.54) is 225 Å². The second-order valence-corrected chi connectivity index (χ2v) is 21.0. The number of unbranched alkanes of at least 4 members (excludes halogenated alkanes) is 26. The van der Waals surface area contributed by atoms with Crippen molar-refractivity contribution < 1.29 is 19.1 Å². The quantitative estimate of drug-likeness (QED) is 0.0445. The third-order valence-corrected chi connectivity index (χ3v) is 14.6. The second kappa shape index (κ2) is 47.9. The van der Waals surface area contributed by atoms with Gasteiger partial charge in [0.25, 0.3) is 0 Å². The number of carbonyl (C=O) groups excluding carboxylic acids is 2. The Bertz CT molecular complexity index is 939. The minimum Gasteiger partial charge on any atom is -0.465 e. The predicted octanol–water partition coefficient (Wildman–Crippen LogP) is 16.1. The van der Waals surface area contributed by atoms with E-state index in [2.05, 4.69) is 49.4 Å². The number of hydrogen-bond acceptors (Lipinski definition) is 7. The van der Waals surface area contributed by atoms with Gasteiger partial charge in [0.15, 0.2) is 0 Å². The number of likely N-dealkylation sites (N-methyl/N-ethyl adjacent to an activating group) is 1. The third kappa shape index (κ3) is 41.5. The summed E-state index contributed by atoms with van der Waals surface area (Å²) in [5, 5.41) is 0. The lowest BCUT2D eigenvalue weighted by Crippen LogP contribution is -2.45. The maximum absolute atomic E-state index is 13.0. The van der Waals surface area contributed by atoms with Gasteiger partial charge in [-0.05, 0) is 103 Å². The summed E-state index contributed by atoms with van der Waals surface area (Å²) in [4.78, 5) is 33.7. The van der Waals surface area contributed by atoms with Crippen molar-refractivity contribution in [3.8, 4) is 0 Å². The first-order valence-electron chi connectivity index (χ1n) is 29.4. The van der Waals surface area contributed by atoms with E-state index in [4.69, 9.17) is 9.47 Å². The molecule has 1 aliphatic heterocycles. The lowest BCUT2D eigenvalue weighted by molar-refractivity contribution is -0.146. The van der Waals surface area contributed by atoms with Gasteiger partial charge < -0.3 is 24.2 Å². The molecule has 0 aromatic rings.